The molecule has 0 amide bonds. The maximum atomic E-state index is 13.6. The van der Waals surface area contributed by atoms with Crippen molar-refractivity contribution in [3.63, 3.8) is 0 Å². The number of alkyl halides is 6. The van der Waals surface area contributed by atoms with E-state index in [2.05, 4.69) is 5.10 Å². The molecule has 0 spiro atoms. The van der Waals surface area contributed by atoms with Crippen LogP contribution >= 0.6 is 23.2 Å². The minimum Gasteiger partial charge on any atom is -0.383 e. The lowest BCUT2D eigenvalue weighted by atomic mass is 10.0. The summed E-state index contributed by atoms with van der Waals surface area (Å²) in [6.45, 7) is 0. The molecule has 2 N–H and O–H groups in total. The highest BCUT2D eigenvalue weighted by atomic mass is 35.5. The van der Waals surface area contributed by atoms with E-state index < -0.39 is 35.0 Å². The highest BCUT2D eigenvalue weighted by Crippen LogP contribution is 2.45. The lowest BCUT2D eigenvalue weighted by Crippen LogP contribution is -2.10. The summed E-state index contributed by atoms with van der Waals surface area (Å²) in [6.07, 6.45) is -9.65. The van der Waals surface area contributed by atoms with Crippen molar-refractivity contribution in [3.05, 3.63) is 63.8 Å². The van der Waals surface area contributed by atoms with Crippen molar-refractivity contribution in [2.75, 3.05) is 5.73 Å². The minimum atomic E-state index is -4.96. The number of anilines is 1. The number of benzene rings is 2. The van der Waals surface area contributed by atoms with Gasteiger partial charge in [0.25, 0.3) is 0 Å². The van der Waals surface area contributed by atoms with Gasteiger partial charge in [-0.05, 0) is 30.3 Å². The van der Waals surface area contributed by atoms with E-state index in [0.717, 1.165) is 18.2 Å². The number of hydrogen-bond acceptors (Lipinski definition) is 2. The summed E-state index contributed by atoms with van der Waals surface area (Å²) in [7, 11) is 0. The largest absolute Gasteiger partial charge is 0.435 e. The highest BCUT2D eigenvalue weighted by Gasteiger charge is 2.41. The van der Waals surface area contributed by atoms with Gasteiger partial charge in [-0.1, -0.05) is 35.3 Å². The second-order valence-corrected chi connectivity index (χ2v) is 6.48. The third-order valence-corrected chi connectivity index (χ3v) is 4.45. The quantitative estimate of drug-likeness (QED) is 0.465. The van der Waals surface area contributed by atoms with Crippen molar-refractivity contribution < 1.29 is 26.3 Å². The molecule has 0 radical (unpaired) electrons. The second-order valence-electron chi connectivity index (χ2n) is 5.66. The highest BCUT2D eigenvalue weighted by molar-refractivity contribution is 6.39. The first kappa shape index (κ1) is 20.3. The Kier molecular flexibility index (Phi) is 5.01. The SMILES string of the molecule is Nc1c(-c2c(Cl)cccc2Cl)c(C(F)(F)F)nn1-c1cccc(C(F)(F)F)c1. The molecular weight excluding hydrogens is 431 g/mol. The molecule has 148 valence electrons. The van der Waals surface area contributed by atoms with Gasteiger partial charge in [0.2, 0.25) is 0 Å². The lowest BCUT2D eigenvalue weighted by Gasteiger charge is -2.11. The number of halogens is 8. The monoisotopic (exact) mass is 439 g/mol. The van der Waals surface area contributed by atoms with Gasteiger partial charge in [0.05, 0.1) is 26.9 Å². The van der Waals surface area contributed by atoms with Crippen molar-refractivity contribution in [1.29, 1.82) is 0 Å². The Morgan fingerprint density at radius 2 is 1.39 bits per heavy atom. The Bertz CT molecular complexity index is 1020. The fourth-order valence-electron chi connectivity index (χ4n) is 2.62. The zero-order chi connectivity index (χ0) is 20.9. The molecule has 0 saturated heterocycles. The van der Waals surface area contributed by atoms with Crippen LogP contribution in [0.25, 0.3) is 16.8 Å². The Morgan fingerprint density at radius 3 is 1.93 bits per heavy atom. The van der Waals surface area contributed by atoms with Crippen LogP contribution in [0.3, 0.4) is 0 Å². The lowest BCUT2D eigenvalue weighted by molar-refractivity contribution is -0.141. The van der Waals surface area contributed by atoms with Crippen molar-refractivity contribution in [2.24, 2.45) is 0 Å². The van der Waals surface area contributed by atoms with E-state index in [0.29, 0.717) is 10.7 Å². The van der Waals surface area contributed by atoms with Gasteiger partial charge in [-0.25, -0.2) is 4.68 Å². The molecule has 1 aromatic heterocycles. The zero-order valence-electron chi connectivity index (χ0n) is 13.5. The predicted octanol–water partition coefficient (Wildman–Crippen LogP) is 6.47. The van der Waals surface area contributed by atoms with Crippen molar-refractivity contribution in [3.8, 4) is 16.8 Å². The number of nitrogen functional groups attached to an aromatic ring is 1. The maximum Gasteiger partial charge on any atom is 0.435 e. The standard InChI is InChI=1S/C17H9Cl2F6N3/c18-10-5-2-6-11(19)12(10)13-14(17(23,24)25)27-28(15(13)26)9-4-1-3-8(7-9)16(20,21)22/h1-7H,26H2. The molecule has 11 heteroatoms. The molecule has 0 aliphatic heterocycles. The average Bonchev–Trinajstić information content (AvgIpc) is 2.92. The first-order valence-corrected chi connectivity index (χ1v) is 8.24. The van der Waals surface area contributed by atoms with E-state index in [4.69, 9.17) is 28.9 Å². The number of rotatable bonds is 2. The summed E-state index contributed by atoms with van der Waals surface area (Å²) in [6, 6.07) is 7.65. The van der Waals surface area contributed by atoms with E-state index >= 15 is 0 Å². The van der Waals surface area contributed by atoms with Gasteiger partial charge in [0.15, 0.2) is 5.69 Å². The van der Waals surface area contributed by atoms with Crippen LogP contribution in [-0.4, -0.2) is 9.78 Å². The van der Waals surface area contributed by atoms with Gasteiger partial charge >= 0.3 is 12.4 Å². The molecule has 3 aromatic rings. The predicted molar refractivity (Wildman–Crippen MR) is 93.4 cm³/mol. The maximum absolute atomic E-state index is 13.6. The van der Waals surface area contributed by atoms with E-state index in [1.807, 2.05) is 0 Å². The molecule has 1 heterocycles. The van der Waals surface area contributed by atoms with Gasteiger partial charge in [-0.3, -0.25) is 0 Å². The number of nitrogens with two attached hydrogens (primary N) is 1. The van der Waals surface area contributed by atoms with Gasteiger partial charge in [0, 0.05) is 5.56 Å². The fourth-order valence-corrected chi connectivity index (χ4v) is 3.21. The average molecular weight is 440 g/mol. The van der Waals surface area contributed by atoms with Gasteiger partial charge in [-0.15, -0.1) is 0 Å². The van der Waals surface area contributed by atoms with Crippen molar-refractivity contribution >= 4 is 29.0 Å². The molecular formula is C17H9Cl2F6N3. The van der Waals surface area contributed by atoms with Crippen LogP contribution in [0, 0.1) is 0 Å². The fraction of sp³-hybridized carbons (Fsp3) is 0.118. The molecule has 3 rings (SSSR count). The molecule has 0 atom stereocenters. The Morgan fingerprint density at radius 1 is 0.821 bits per heavy atom. The Hall–Kier alpha value is -2.39. The number of aromatic nitrogens is 2. The van der Waals surface area contributed by atoms with Crippen LogP contribution in [-0.2, 0) is 12.4 Å². The summed E-state index contributed by atoms with van der Waals surface area (Å²) in [5.41, 5.74) is 2.26. The molecule has 3 nitrogen and oxygen atoms in total. The molecule has 2 aromatic carbocycles. The minimum absolute atomic E-state index is 0.117. The van der Waals surface area contributed by atoms with Gasteiger partial charge in [-0.2, -0.15) is 31.4 Å². The van der Waals surface area contributed by atoms with Crippen molar-refractivity contribution in [2.45, 2.75) is 12.4 Å². The normalized spacial score (nSPS) is 12.4. The molecule has 0 fully saturated rings. The summed E-state index contributed by atoms with van der Waals surface area (Å²) in [5, 5.41) is 3.18. The van der Waals surface area contributed by atoms with Gasteiger partial charge < -0.3 is 5.73 Å². The number of hydrogen-bond donors (Lipinski definition) is 1. The van der Waals surface area contributed by atoms with Crippen LogP contribution < -0.4 is 5.73 Å². The van der Waals surface area contributed by atoms with E-state index in [1.54, 1.807) is 0 Å². The molecule has 0 aliphatic rings. The first-order chi connectivity index (χ1) is 12.9. The summed E-state index contributed by atoms with van der Waals surface area (Å²) in [5.74, 6) is -0.554. The molecule has 0 aliphatic carbocycles. The van der Waals surface area contributed by atoms with Gasteiger partial charge in [0.1, 0.15) is 5.82 Å². The van der Waals surface area contributed by atoms with Crippen molar-refractivity contribution in [1.82, 2.24) is 9.78 Å². The van der Waals surface area contributed by atoms with E-state index in [-0.39, 0.29) is 21.3 Å². The van der Waals surface area contributed by atoms with E-state index in [1.165, 1.54) is 18.2 Å². The first-order valence-electron chi connectivity index (χ1n) is 7.49. The number of nitrogens with zero attached hydrogens (tertiary/aromatic N) is 2. The molecule has 0 bridgehead atoms. The third kappa shape index (κ3) is 3.64. The van der Waals surface area contributed by atoms with Crippen LogP contribution in [0.2, 0.25) is 10.0 Å². The van der Waals surface area contributed by atoms with E-state index in [9.17, 15) is 26.3 Å². The Balaban J connectivity index is 2.32. The summed E-state index contributed by atoms with van der Waals surface area (Å²) >= 11 is 12.0. The topological polar surface area (TPSA) is 43.8 Å². The van der Waals surface area contributed by atoms with Crippen LogP contribution in [0.1, 0.15) is 11.3 Å². The second kappa shape index (κ2) is 6.89. The van der Waals surface area contributed by atoms with Crippen LogP contribution in [0.15, 0.2) is 42.5 Å². The molecule has 28 heavy (non-hydrogen) atoms. The van der Waals surface area contributed by atoms with Crippen LogP contribution in [0.5, 0.6) is 0 Å². The Labute approximate surface area is 164 Å². The molecule has 0 saturated carbocycles. The molecule has 0 unspecified atom stereocenters. The zero-order valence-corrected chi connectivity index (χ0v) is 15.0. The smallest absolute Gasteiger partial charge is 0.383 e. The summed E-state index contributed by atoms with van der Waals surface area (Å²) < 4.78 is 80.2. The summed E-state index contributed by atoms with van der Waals surface area (Å²) in [4.78, 5) is 0. The van der Waals surface area contributed by atoms with Crippen LogP contribution in [0.4, 0.5) is 32.2 Å². The third-order valence-electron chi connectivity index (χ3n) is 3.82.